The van der Waals surface area contributed by atoms with Gasteiger partial charge in [0.2, 0.25) is 0 Å². The van der Waals surface area contributed by atoms with Crippen molar-refractivity contribution in [1.82, 2.24) is 0 Å². The van der Waals surface area contributed by atoms with E-state index in [9.17, 15) is 15.0 Å². The molecule has 6 nitrogen and oxygen atoms in total. The molecule has 2 aromatic carbocycles. The van der Waals surface area contributed by atoms with Crippen LogP contribution in [-0.2, 0) is 11.2 Å². The van der Waals surface area contributed by atoms with Crippen LogP contribution in [0.25, 0.3) is 0 Å². The fraction of sp³-hybridized carbons (Fsp3) is 0.316. The molecule has 3 rings (SSSR count). The number of benzene rings is 2. The first-order chi connectivity index (χ1) is 12.0. The van der Waals surface area contributed by atoms with Gasteiger partial charge in [0.1, 0.15) is 22.8 Å². The number of aromatic hydroxyl groups is 1. The molecule has 2 atom stereocenters. The molecule has 132 valence electrons. The Labute approximate surface area is 145 Å². The zero-order chi connectivity index (χ0) is 18.0. The molecule has 25 heavy (non-hydrogen) atoms. The SMILES string of the molecule is COC(=O)c1cc(C[C@@H]2COc3ccc(O)cc3[C@H]2O)ccc1OC. The van der Waals surface area contributed by atoms with Gasteiger partial charge in [-0.15, -0.1) is 0 Å². The van der Waals surface area contributed by atoms with Crippen molar-refractivity contribution in [1.29, 1.82) is 0 Å². The molecule has 0 unspecified atom stereocenters. The third-order valence-corrected chi connectivity index (χ3v) is 4.38. The fourth-order valence-electron chi connectivity index (χ4n) is 3.07. The van der Waals surface area contributed by atoms with Crippen LogP contribution in [0.3, 0.4) is 0 Å². The number of methoxy groups -OCH3 is 2. The van der Waals surface area contributed by atoms with Crippen LogP contribution in [-0.4, -0.2) is 37.0 Å². The monoisotopic (exact) mass is 344 g/mol. The summed E-state index contributed by atoms with van der Waals surface area (Å²) < 4.78 is 15.7. The van der Waals surface area contributed by atoms with Crippen molar-refractivity contribution in [3.8, 4) is 17.2 Å². The summed E-state index contributed by atoms with van der Waals surface area (Å²) in [5, 5.41) is 20.3. The summed E-state index contributed by atoms with van der Waals surface area (Å²) in [4.78, 5) is 11.9. The minimum absolute atomic E-state index is 0.0828. The lowest BCUT2D eigenvalue weighted by Gasteiger charge is -2.30. The van der Waals surface area contributed by atoms with Gasteiger partial charge in [-0.05, 0) is 42.3 Å². The lowest BCUT2D eigenvalue weighted by Crippen LogP contribution is -2.27. The third kappa shape index (κ3) is 3.39. The first-order valence-corrected chi connectivity index (χ1v) is 7.92. The van der Waals surface area contributed by atoms with E-state index in [1.165, 1.54) is 26.4 Å². The zero-order valence-corrected chi connectivity index (χ0v) is 14.1. The number of hydrogen-bond donors (Lipinski definition) is 2. The van der Waals surface area contributed by atoms with Crippen molar-refractivity contribution >= 4 is 5.97 Å². The summed E-state index contributed by atoms with van der Waals surface area (Å²) >= 11 is 0. The maximum absolute atomic E-state index is 11.9. The van der Waals surface area contributed by atoms with Crippen LogP contribution in [0.5, 0.6) is 17.2 Å². The van der Waals surface area contributed by atoms with Crippen molar-refractivity contribution in [2.45, 2.75) is 12.5 Å². The van der Waals surface area contributed by atoms with Gasteiger partial charge in [-0.2, -0.15) is 0 Å². The molecule has 0 aromatic heterocycles. The number of fused-ring (bicyclic) bond motifs is 1. The van der Waals surface area contributed by atoms with Crippen LogP contribution in [0.2, 0.25) is 0 Å². The second-order valence-electron chi connectivity index (χ2n) is 5.97. The van der Waals surface area contributed by atoms with E-state index in [0.717, 1.165) is 5.56 Å². The molecule has 0 saturated heterocycles. The highest BCUT2D eigenvalue weighted by Crippen LogP contribution is 2.38. The van der Waals surface area contributed by atoms with Crippen LogP contribution in [0, 0.1) is 5.92 Å². The van der Waals surface area contributed by atoms with Gasteiger partial charge in [0, 0.05) is 11.5 Å². The van der Waals surface area contributed by atoms with Gasteiger partial charge in [-0.3, -0.25) is 0 Å². The van der Waals surface area contributed by atoms with Crippen molar-refractivity contribution in [3.05, 3.63) is 53.1 Å². The number of esters is 1. The molecule has 1 aliphatic heterocycles. The molecule has 1 aliphatic rings. The van der Waals surface area contributed by atoms with Crippen molar-refractivity contribution in [2.75, 3.05) is 20.8 Å². The molecule has 0 bridgehead atoms. The van der Waals surface area contributed by atoms with Crippen LogP contribution < -0.4 is 9.47 Å². The summed E-state index contributed by atoms with van der Waals surface area (Å²) in [6.07, 6.45) is -0.260. The first kappa shape index (κ1) is 17.1. The number of ether oxygens (including phenoxy) is 3. The Morgan fingerprint density at radius 1 is 1.24 bits per heavy atom. The van der Waals surface area contributed by atoms with E-state index >= 15 is 0 Å². The zero-order valence-electron chi connectivity index (χ0n) is 14.1. The minimum Gasteiger partial charge on any atom is -0.508 e. The summed E-state index contributed by atoms with van der Waals surface area (Å²) in [5.74, 6) is 0.417. The number of carbonyl (C=O) groups is 1. The molecule has 2 N–H and O–H groups in total. The van der Waals surface area contributed by atoms with Crippen molar-refractivity contribution < 1.29 is 29.2 Å². The molecule has 0 spiro atoms. The van der Waals surface area contributed by atoms with Gasteiger partial charge in [0.05, 0.1) is 26.9 Å². The Morgan fingerprint density at radius 2 is 2.04 bits per heavy atom. The van der Waals surface area contributed by atoms with E-state index < -0.39 is 12.1 Å². The van der Waals surface area contributed by atoms with Gasteiger partial charge in [0.15, 0.2) is 0 Å². The third-order valence-electron chi connectivity index (χ3n) is 4.38. The van der Waals surface area contributed by atoms with E-state index in [1.807, 2.05) is 6.07 Å². The smallest absolute Gasteiger partial charge is 0.341 e. The van der Waals surface area contributed by atoms with Gasteiger partial charge in [-0.25, -0.2) is 4.79 Å². The molecule has 0 fully saturated rings. The Bertz CT molecular complexity index is 785. The lowest BCUT2D eigenvalue weighted by atomic mass is 9.87. The molecule has 6 heteroatoms. The largest absolute Gasteiger partial charge is 0.508 e. The van der Waals surface area contributed by atoms with E-state index in [4.69, 9.17) is 14.2 Å². The second kappa shape index (κ2) is 7.03. The maximum atomic E-state index is 11.9. The normalized spacial score (nSPS) is 18.8. The number of phenolic OH excluding ortho intramolecular Hbond substituents is 1. The van der Waals surface area contributed by atoms with E-state index in [1.54, 1.807) is 18.2 Å². The number of phenols is 1. The van der Waals surface area contributed by atoms with E-state index in [2.05, 4.69) is 0 Å². The average molecular weight is 344 g/mol. The summed E-state index contributed by atoms with van der Waals surface area (Å²) in [5.41, 5.74) is 1.77. The summed E-state index contributed by atoms with van der Waals surface area (Å²) in [7, 11) is 2.81. The molecule has 0 radical (unpaired) electrons. The molecular weight excluding hydrogens is 324 g/mol. The highest BCUT2D eigenvalue weighted by molar-refractivity contribution is 5.92. The Balaban J connectivity index is 1.84. The van der Waals surface area contributed by atoms with Crippen LogP contribution >= 0.6 is 0 Å². The highest BCUT2D eigenvalue weighted by Gasteiger charge is 2.30. The highest BCUT2D eigenvalue weighted by atomic mass is 16.5. The first-order valence-electron chi connectivity index (χ1n) is 7.92. The molecule has 0 saturated carbocycles. The molecule has 2 aromatic rings. The van der Waals surface area contributed by atoms with Gasteiger partial charge in [0.25, 0.3) is 0 Å². The van der Waals surface area contributed by atoms with Crippen molar-refractivity contribution in [3.63, 3.8) is 0 Å². The minimum atomic E-state index is -0.764. The van der Waals surface area contributed by atoms with E-state index in [0.29, 0.717) is 35.7 Å². The number of rotatable bonds is 4. The predicted molar refractivity (Wildman–Crippen MR) is 90.1 cm³/mol. The number of aliphatic hydroxyl groups is 1. The average Bonchev–Trinajstić information content (AvgIpc) is 2.63. The van der Waals surface area contributed by atoms with E-state index in [-0.39, 0.29) is 11.7 Å². The Hall–Kier alpha value is -2.73. The molecular formula is C19H20O6. The maximum Gasteiger partial charge on any atom is 0.341 e. The van der Waals surface area contributed by atoms with Gasteiger partial charge in [-0.1, -0.05) is 6.07 Å². The molecule has 0 aliphatic carbocycles. The van der Waals surface area contributed by atoms with Crippen LogP contribution in [0.15, 0.2) is 36.4 Å². The fourth-order valence-corrected chi connectivity index (χ4v) is 3.07. The standard InChI is InChI=1S/C19H20O6/c1-23-16-5-3-11(8-15(16)19(22)24-2)7-12-10-25-17-6-4-13(20)9-14(17)18(12)21/h3-6,8-9,12,18,20-21H,7,10H2,1-2H3/t12-,18+/m1/s1. The topological polar surface area (TPSA) is 85.2 Å². The summed E-state index contributed by atoms with van der Waals surface area (Å²) in [6, 6.07) is 9.94. The van der Waals surface area contributed by atoms with Crippen LogP contribution in [0.4, 0.5) is 0 Å². The quantitative estimate of drug-likeness (QED) is 0.829. The van der Waals surface area contributed by atoms with Gasteiger partial charge >= 0.3 is 5.97 Å². The lowest BCUT2D eigenvalue weighted by molar-refractivity contribution is 0.0505. The number of aliphatic hydroxyl groups excluding tert-OH is 1. The Kier molecular flexibility index (Phi) is 4.81. The van der Waals surface area contributed by atoms with Crippen LogP contribution in [0.1, 0.15) is 27.6 Å². The predicted octanol–water partition coefficient (Wildman–Crippen LogP) is 2.47. The summed E-state index contributed by atoms with van der Waals surface area (Å²) in [6.45, 7) is 0.346. The number of hydrogen-bond acceptors (Lipinski definition) is 6. The van der Waals surface area contributed by atoms with Gasteiger partial charge < -0.3 is 24.4 Å². The van der Waals surface area contributed by atoms with Crippen molar-refractivity contribution in [2.24, 2.45) is 5.92 Å². The second-order valence-corrected chi connectivity index (χ2v) is 5.97. The molecule has 1 heterocycles. The molecule has 0 amide bonds. The Morgan fingerprint density at radius 3 is 2.76 bits per heavy atom. The number of carbonyl (C=O) groups excluding carboxylic acids is 1.